The Morgan fingerprint density at radius 3 is 2.29 bits per heavy atom. The second kappa shape index (κ2) is 5.01. The van der Waals surface area contributed by atoms with E-state index in [4.69, 9.17) is 10.4 Å². The summed E-state index contributed by atoms with van der Waals surface area (Å²) in [4.78, 5) is 0. The predicted molar refractivity (Wildman–Crippen MR) is 54.3 cm³/mol. The third kappa shape index (κ3) is 2.58. The van der Waals surface area contributed by atoms with Crippen LogP contribution in [0.2, 0.25) is 0 Å². The number of rotatable bonds is 3. The molecule has 4 nitrogen and oxygen atoms in total. The van der Waals surface area contributed by atoms with Crippen molar-refractivity contribution in [3.63, 3.8) is 0 Å². The normalized spacial score (nSPS) is 12.9. The number of nitrogens with zero attached hydrogens (tertiary/aromatic N) is 2. The molecule has 0 unspecified atom stereocenters. The Bertz CT molecular complexity index is 344. The summed E-state index contributed by atoms with van der Waals surface area (Å²) in [5, 5.41) is 23.3. The van der Waals surface area contributed by atoms with Crippen molar-refractivity contribution in [1.29, 1.82) is 0 Å². The Kier molecular flexibility index (Phi) is 3.67. The predicted octanol–water partition coefficient (Wildman–Crippen LogP) is 1.91. The Labute approximate surface area is 82.2 Å². The Hall–Kier alpha value is -1.84. The van der Waals surface area contributed by atoms with Gasteiger partial charge in [-0.3, -0.25) is 0 Å². The van der Waals surface area contributed by atoms with Crippen LogP contribution in [0.15, 0.2) is 40.6 Å². The highest BCUT2D eigenvalue weighted by atomic mass is 16.4. The van der Waals surface area contributed by atoms with Crippen molar-refractivity contribution < 1.29 is 10.4 Å². The highest BCUT2D eigenvalue weighted by Crippen LogP contribution is 2.02. The summed E-state index contributed by atoms with van der Waals surface area (Å²) in [6.07, 6.45) is 0.452. The Morgan fingerprint density at radius 1 is 1.14 bits per heavy atom. The maximum absolute atomic E-state index is 8.68. The van der Waals surface area contributed by atoms with Gasteiger partial charge in [0.05, 0.1) is 0 Å². The molecule has 14 heavy (non-hydrogen) atoms. The van der Waals surface area contributed by atoms with E-state index in [2.05, 4.69) is 10.3 Å². The third-order valence-electron chi connectivity index (χ3n) is 1.90. The van der Waals surface area contributed by atoms with E-state index >= 15 is 0 Å². The molecular formula is C10H12N2O2. The van der Waals surface area contributed by atoms with Crippen LogP contribution in [0.3, 0.4) is 0 Å². The molecule has 0 atom stereocenters. The van der Waals surface area contributed by atoms with Crippen LogP contribution in [0, 0.1) is 0 Å². The highest BCUT2D eigenvalue weighted by molar-refractivity contribution is 6.41. The average Bonchev–Trinajstić information content (AvgIpc) is 2.26. The van der Waals surface area contributed by atoms with Crippen molar-refractivity contribution >= 4 is 11.4 Å². The van der Waals surface area contributed by atoms with Crippen LogP contribution in [0.1, 0.15) is 12.5 Å². The first-order chi connectivity index (χ1) is 6.77. The number of benzene rings is 1. The standard InChI is InChI=1S/C10H12N2O2/c1-8(11-13)10(12-14)7-9-5-3-2-4-6-9/h2-6,13-14H,7H2,1H3. The highest BCUT2D eigenvalue weighted by Gasteiger charge is 2.05. The van der Waals surface area contributed by atoms with E-state index in [0.29, 0.717) is 17.8 Å². The molecule has 0 saturated heterocycles. The molecule has 2 N–H and O–H groups in total. The second-order valence-electron chi connectivity index (χ2n) is 2.89. The molecule has 0 fully saturated rings. The third-order valence-corrected chi connectivity index (χ3v) is 1.90. The molecular weight excluding hydrogens is 180 g/mol. The zero-order valence-corrected chi connectivity index (χ0v) is 7.88. The molecule has 0 aliphatic rings. The van der Waals surface area contributed by atoms with Gasteiger partial charge < -0.3 is 10.4 Å². The molecule has 1 aromatic rings. The van der Waals surface area contributed by atoms with E-state index in [1.807, 2.05) is 30.3 Å². The van der Waals surface area contributed by atoms with E-state index < -0.39 is 0 Å². The minimum Gasteiger partial charge on any atom is -0.411 e. The summed E-state index contributed by atoms with van der Waals surface area (Å²) in [5.74, 6) is 0. The molecule has 0 bridgehead atoms. The van der Waals surface area contributed by atoms with Crippen molar-refractivity contribution in [2.45, 2.75) is 13.3 Å². The lowest BCUT2D eigenvalue weighted by atomic mass is 10.1. The lowest BCUT2D eigenvalue weighted by Gasteiger charge is -2.01. The zero-order chi connectivity index (χ0) is 10.4. The van der Waals surface area contributed by atoms with Gasteiger partial charge in [-0.25, -0.2) is 0 Å². The zero-order valence-electron chi connectivity index (χ0n) is 7.88. The van der Waals surface area contributed by atoms with Gasteiger partial charge in [-0.15, -0.1) is 0 Å². The molecule has 0 spiro atoms. The quantitative estimate of drug-likeness (QED) is 0.436. The van der Waals surface area contributed by atoms with Crippen molar-refractivity contribution in [1.82, 2.24) is 0 Å². The van der Waals surface area contributed by atoms with Crippen LogP contribution < -0.4 is 0 Å². The van der Waals surface area contributed by atoms with Crippen molar-refractivity contribution in [2.24, 2.45) is 10.3 Å². The van der Waals surface area contributed by atoms with Crippen LogP contribution >= 0.6 is 0 Å². The monoisotopic (exact) mass is 192 g/mol. The van der Waals surface area contributed by atoms with E-state index in [0.717, 1.165) is 5.56 Å². The molecule has 0 radical (unpaired) electrons. The van der Waals surface area contributed by atoms with Crippen LogP contribution in [0.4, 0.5) is 0 Å². The molecule has 74 valence electrons. The molecule has 4 heteroatoms. The van der Waals surface area contributed by atoms with Crippen LogP contribution in [0.5, 0.6) is 0 Å². The lowest BCUT2D eigenvalue weighted by molar-refractivity contribution is 0.313. The topological polar surface area (TPSA) is 65.2 Å². The van der Waals surface area contributed by atoms with E-state index in [1.54, 1.807) is 6.92 Å². The van der Waals surface area contributed by atoms with Gasteiger partial charge in [0, 0.05) is 6.42 Å². The smallest absolute Gasteiger partial charge is 0.108 e. The fourth-order valence-electron chi connectivity index (χ4n) is 1.08. The summed E-state index contributed by atoms with van der Waals surface area (Å²) < 4.78 is 0. The molecule has 1 rings (SSSR count). The van der Waals surface area contributed by atoms with Gasteiger partial charge in [0.1, 0.15) is 11.4 Å². The van der Waals surface area contributed by atoms with Gasteiger partial charge in [0.15, 0.2) is 0 Å². The minimum absolute atomic E-state index is 0.316. The Balaban J connectivity index is 2.78. The molecule has 0 amide bonds. The summed E-state index contributed by atoms with van der Waals surface area (Å²) in [5.41, 5.74) is 1.68. The van der Waals surface area contributed by atoms with Gasteiger partial charge in [0.2, 0.25) is 0 Å². The van der Waals surface area contributed by atoms with Gasteiger partial charge in [-0.2, -0.15) is 0 Å². The maximum Gasteiger partial charge on any atom is 0.108 e. The molecule has 0 heterocycles. The first kappa shape index (κ1) is 10.2. The molecule has 0 saturated carbocycles. The van der Waals surface area contributed by atoms with Crippen molar-refractivity contribution in [2.75, 3.05) is 0 Å². The van der Waals surface area contributed by atoms with Crippen LogP contribution in [0.25, 0.3) is 0 Å². The maximum atomic E-state index is 8.68. The van der Waals surface area contributed by atoms with Gasteiger partial charge in [-0.05, 0) is 12.5 Å². The number of hydrogen-bond acceptors (Lipinski definition) is 4. The molecule has 0 aliphatic heterocycles. The Morgan fingerprint density at radius 2 is 1.79 bits per heavy atom. The summed E-state index contributed by atoms with van der Waals surface area (Å²) in [6, 6.07) is 9.53. The lowest BCUT2D eigenvalue weighted by Crippen LogP contribution is -2.13. The summed E-state index contributed by atoms with van der Waals surface area (Å²) >= 11 is 0. The van der Waals surface area contributed by atoms with E-state index in [9.17, 15) is 0 Å². The SMILES string of the molecule is CC(=NO)C(Cc1ccccc1)=NO. The van der Waals surface area contributed by atoms with Gasteiger partial charge in [0.25, 0.3) is 0 Å². The summed E-state index contributed by atoms with van der Waals surface area (Å²) in [7, 11) is 0. The van der Waals surface area contributed by atoms with E-state index in [-0.39, 0.29) is 0 Å². The summed E-state index contributed by atoms with van der Waals surface area (Å²) in [6.45, 7) is 1.58. The average molecular weight is 192 g/mol. The first-order valence-electron chi connectivity index (χ1n) is 4.22. The van der Waals surface area contributed by atoms with Crippen LogP contribution in [-0.2, 0) is 6.42 Å². The fourth-order valence-corrected chi connectivity index (χ4v) is 1.08. The minimum atomic E-state index is 0.316. The largest absolute Gasteiger partial charge is 0.411 e. The van der Waals surface area contributed by atoms with Gasteiger partial charge in [-0.1, -0.05) is 40.6 Å². The number of oxime groups is 2. The molecule has 1 aromatic carbocycles. The van der Waals surface area contributed by atoms with Crippen LogP contribution in [-0.4, -0.2) is 21.8 Å². The van der Waals surface area contributed by atoms with E-state index in [1.165, 1.54) is 0 Å². The molecule has 0 aromatic heterocycles. The van der Waals surface area contributed by atoms with Crippen molar-refractivity contribution in [3.8, 4) is 0 Å². The number of hydrogen-bond donors (Lipinski definition) is 2. The van der Waals surface area contributed by atoms with Crippen molar-refractivity contribution in [3.05, 3.63) is 35.9 Å². The first-order valence-corrected chi connectivity index (χ1v) is 4.22. The fraction of sp³-hybridized carbons (Fsp3) is 0.200. The van der Waals surface area contributed by atoms with Gasteiger partial charge >= 0.3 is 0 Å². The second-order valence-corrected chi connectivity index (χ2v) is 2.89. The molecule has 0 aliphatic carbocycles.